The van der Waals surface area contributed by atoms with Gasteiger partial charge in [0.05, 0.1) is 18.7 Å². The van der Waals surface area contributed by atoms with Gasteiger partial charge in [0, 0.05) is 12.2 Å². The average Bonchev–Trinajstić information content (AvgIpc) is 2.92. The van der Waals surface area contributed by atoms with Crippen LogP contribution in [0.25, 0.3) is 0 Å². The number of anilines is 3. The maximum absolute atomic E-state index is 12.2. The van der Waals surface area contributed by atoms with Crippen LogP contribution in [0.15, 0.2) is 30.6 Å². The second-order valence-electron chi connectivity index (χ2n) is 5.00. The van der Waals surface area contributed by atoms with Crippen molar-refractivity contribution in [1.82, 2.24) is 15.0 Å². The van der Waals surface area contributed by atoms with Crippen molar-refractivity contribution >= 4 is 17.3 Å². The molecule has 0 spiro atoms. The Hall–Kier alpha value is -2.59. The van der Waals surface area contributed by atoms with Crippen LogP contribution in [0.2, 0.25) is 0 Å². The van der Waals surface area contributed by atoms with Crippen LogP contribution in [0.1, 0.15) is 5.56 Å². The molecule has 0 radical (unpaired) electrons. The molecule has 1 aliphatic heterocycles. The van der Waals surface area contributed by atoms with Gasteiger partial charge < -0.3 is 20.6 Å². The second-order valence-corrected chi connectivity index (χ2v) is 5.00. The summed E-state index contributed by atoms with van der Waals surface area (Å²) in [4.78, 5) is 8.28. The topological polar surface area (TPSA) is 82.5 Å². The maximum Gasteiger partial charge on any atom is 0.573 e. The van der Waals surface area contributed by atoms with Crippen molar-refractivity contribution in [3.05, 3.63) is 36.2 Å². The molecule has 3 rings (SSSR count). The Morgan fingerprint density at radius 3 is 2.67 bits per heavy atom. The van der Waals surface area contributed by atoms with Crippen LogP contribution in [0.3, 0.4) is 0 Å². The molecule has 0 saturated heterocycles. The van der Waals surface area contributed by atoms with Crippen LogP contribution in [-0.2, 0) is 6.54 Å². The minimum absolute atomic E-state index is 0.00214. The molecule has 7 nitrogen and oxygen atoms in total. The van der Waals surface area contributed by atoms with Gasteiger partial charge in [0.1, 0.15) is 17.9 Å². The predicted molar refractivity (Wildman–Crippen MR) is 79.6 cm³/mol. The predicted octanol–water partition coefficient (Wildman–Crippen LogP) is 2.25. The Balaban J connectivity index is 1.73. The number of rotatable bonds is 5. The molecule has 0 unspecified atom stereocenters. The fraction of sp³-hybridized carbons (Fsp3) is 0.286. The number of nitrogens with zero attached hydrogens (tertiary/aromatic N) is 3. The third-order valence-electron chi connectivity index (χ3n) is 3.28. The Bertz CT molecular complexity index is 709. The molecule has 2 aromatic rings. The van der Waals surface area contributed by atoms with Gasteiger partial charge in [-0.1, -0.05) is 0 Å². The highest BCUT2D eigenvalue weighted by atomic mass is 19.4. The average molecular weight is 341 g/mol. The van der Waals surface area contributed by atoms with E-state index in [1.54, 1.807) is 5.01 Å². The summed E-state index contributed by atoms with van der Waals surface area (Å²) in [6, 6.07) is 5.36. The van der Waals surface area contributed by atoms with E-state index in [2.05, 4.69) is 25.4 Å². The number of nitrogens with one attached hydrogen (secondary N) is 2. The van der Waals surface area contributed by atoms with E-state index in [9.17, 15) is 13.2 Å². The molecule has 0 aliphatic carbocycles. The molecule has 1 aromatic heterocycles. The van der Waals surface area contributed by atoms with Crippen LogP contribution in [0.5, 0.6) is 5.75 Å². The lowest BCUT2D eigenvalue weighted by Crippen LogP contribution is -2.26. The van der Waals surface area contributed by atoms with Crippen molar-refractivity contribution in [2.75, 3.05) is 23.9 Å². The summed E-state index contributed by atoms with van der Waals surface area (Å²) in [6.45, 7) is 0.922. The van der Waals surface area contributed by atoms with E-state index in [4.69, 9.17) is 5.11 Å². The van der Waals surface area contributed by atoms with E-state index in [1.165, 1.54) is 30.6 Å². The van der Waals surface area contributed by atoms with Gasteiger partial charge in [-0.3, -0.25) is 0 Å². The van der Waals surface area contributed by atoms with E-state index < -0.39 is 6.36 Å². The summed E-state index contributed by atoms with van der Waals surface area (Å²) in [5.41, 5.74) is 4.40. The van der Waals surface area contributed by atoms with Crippen molar-refractivity contribution in [2.24, 2.45) is 0 Å². The van der Waals surface area contributed by atoms with Gasteiger partial charge in [-0.2, -0.15) is 0 Å². The lowest BCUT2D eigenvalue weighted by molar-refractivity contribution is -0.274. The van der Waals surface area contributed by atoms with Gasteiger partial charge in [-0.05, 0) is 24.3 Å². The molecule has 0 saturated carbocycles. The number of fused-ring (bicyclic) bond motifs is 1. The summed E-state index contributed by atoms with van der Waals surface area (Å²) in [5, 5.41) is 13.8. The summed E-state index contributed by atoms with van der Waals surface area (Å²) in [5.74, 6) is 0.868. The highest BCUT2D eigenvalue weighted by Gasteiger charge is 2.31. The normalized spacial score (nSPS) is 14.2. The van der Waals surface area contributed by atoms with Gasteiger partial charge >= 0.3 is 6.36 Å². The Morgan fingerprint density at radius 1 is 1.25 bits per heavy atom. The number of hydrogen-bond donors (Lipinski definition) is 3. The zero-order valence-corrected chi connectivity index (χ0v) is 12.3. The molecule has 2 heterocycles. The first-order valence-electron chi connectivity index (χ1n) is 7.04. The van der Waals surface area contributed by atoms with Crippen LogP contribution in [0.4, 0.5) is 30.5 Å². The highest BCUT2D eigenvalue weighted by Crippen LogP contribution is 2.30. The van der Waals surface area contributed by atoms with Gasteiger partial charge in [0.2, 0.25) is 0 Å². The molecule has 0 bridgehead atoms. The Morgan fingerprint density at radius 2 is 2.00 bits per heavy atom. The number of ether oxygens (including phenoxy) is 1. The Labute approximate surface area is 135 Å². The third-order valence-corrected chi connectivity index (χ3v) is 3.28. The number of halogens is 3. The molecule has 24 heavy (non-hydrogen) atoms. The second kappa shape index (κ2) is 6.49. The number of aromatic nitrogens is 2. The van der Waals surface area contributed by atoms with E-state index in [0.717, 1.165) is 5.56 Å². The molecular formula is C14H14F3N5O2. The van der Waals surface area contributed by atoms with Crippen molar-refractivity contribution in [2.45, 2.75) is 12.9 Å². The number of β-amino-alcohol motifs (C(OH)–C–C–N with tert-alkyl or cyclic N) is 1. The molecule has 0 atom stereocenters. The lowest BCUT2D eigenvalue weighted by Gasteiger charge is -2.13. The van der Waals surface area contributed by atoms with E-state index in [-0.39, 0.29) is 12.4 Å². The first-order valence-corrected chi connectivity index (χ1v) is 7.04. The van der Waals surface area contributed by atoms with Crippen molar-refractivity contribution in [1.29, 1.82) is 0 Å². The van der Waals surface area contributed by atoms with Crippen LogP contribution in [-0.4, -0.2) is 39.6 Å². The summed E-state index contributed by atoms with van der Waals surface area (Å²) < 4.78 is 40.3. The number of benzene rings is 1. The van der Waals surface area contributed by atoms with Crippen molar-refractivity contribution in [3.63, 3.8) is 0 Å². The summed E-state index contributed by atoms with van der Waals surface area (Å²) >= 11 is 0. The molecule has 10 heteroatoms. The molecule has 1 aliphatic rings. The zero-order valence-electron chi connectivity index (χ0n) is 12.3. The van der Waals surface area contributed by atoms with Crippen LogP contribution < -0.4 is 15.5 Å². The van der Waals surface area contributed by atoms with Gasteiger partial charge in [-0.25, -0.2) is 15.0 Å². The minimum atomic E-state index is -4.72. The summed E-state index contributed by atoms with van der Waals surface area (Å²) in [6.07, 6.45) is -3.35. The van der Waals surface area contributed by atoms with Gasteiger partial charge in [-0.15, -0.1) is 13.2 Å². The van der Waals surface area contributed by atoms with Crippen molar-refractivity contribution < 1.29 is 23.0 Å². The van der Waals surface area contributed by atoms with E-state index in [1.807, 2.05) is 0 Å². The number of aliphatic hydroxyl groups excluding tert-OH is 1. The first-order chi connectivity index (χ1) is 11.4. The number of hydrogen-bond acceptors (Lipinski definition) is 7. The van der Waals surface area contributed by atoms with Gasteiger partial charge in [0.25, 0.3) is 0 Å². The smallest absolute Gasteiger partial charge is 0.406 e. The number of hydrazine groups is 1. The zero-order chi connectivity index (χ0) is 17.2. The van der Waals surface area contributed by atoms with Gasteiger partial charge in [0.15, 0.2) is 5.82 Å². The highest BCUT2D eigenvalue weighted by molar-refractivity contribution is 5.66. The molecule has 3 N–H and O–H groups in total. The van der Waals surface area contributed by atoms with E-state index >= 15 is 0 Å². The Kier molecular flexibility index (Phi) is 4.40. The molecule has 0 fully saturated rings. The molecule has 128 valence electrons. The standard InChI is InChI=1S/C14H14F3N5O2/c15-14(16,17)24-10-3-1-9(2-4-10)20-12-11-7-22(5-6-23)21-13(11)19-8-18-12/h1-4,8,23H,5-7H2,(H2,18,19,20,21). The molecule has 0 amide bonds. The van der Waals surface area contributed by atoms with Crippen molar-refractivity contribution in [3.8, 4) is 5.75 Å². The summed E-state index contributed by atoms with van der Waals surface area (Å²) in [7, 11) is 0. The monoisotopic (exact) mass is 341 g/mol. The van der Waals surface area contributed by atoms with Crippen LogP contribution in [0, 0.1) is 0 Å². The molecular weight excluding hydrogens is 327 g/mol. The lowest BCUT2D eigenvalue weighted by atomic mass is 10.2. The fourth-order valence-corrected chi connectivity index (χ4v) is 2.28. The quantitative estimate of drug-likeness (QED) is 0.769. The number of aliphatic hydroxyl groups is 1. The SMILES string of the molecule is OCCN1Cc2c(Nc3ccc(OC(F)(F)F)cc3)ncnc2N1. The maximum atomic E-state index is 12.2. The van der Waals surface area contributed by atoms with Crippen LogP contribution >= 0.6 is 0 Å². The number of alkyl halides is 3. The minimum Gasteiger partial charge on any atom is -0.406 e. The van der Waals surface area contributed by atoms with E-state index in [0.29, 0.717) is 30.4 Å². The fourth-order valence-electron chi connectivity index (χ4n) is 2.28. The molecule has 1 aromatic carbocycles. The first kappa shape index (κ1) is 16.3. The largest absolute Gasteiger partial charge is 0.573 e. The third kappa shape index (κ3) is 3.84.